The minimum atomic E-state index is -0.475. The van der Waals surface area contributed by atoms with Crippen molar-refractivity contribution in [1.29, 1.82) is 0 Å². The van der Waals surface area contributed by atoms with Gasteiger partial charge in [0, 0.05) is 48.6 Å². The Balaban J connectivity index is 1.54. The van der Waals surface area contributed by atoms with Gasteiger partial charge in [0.2, 0.25) is 0 Å². The third-order valence-electron chi connectivity index (χ3n) is 4.75. The largest absolute Gasteiger partial charge is 0.347 e. The number of piperidine rings is 1. The van der Waals surface area contributed by atoms with Gasteiger partial charge in [0.05, 0.1) is 18.8 Å². The van der Waals surface area contributed by atoms with E-state index in [9.17, 15) is 9.59 Å². The molecule has 1 spiro atoms. The number of likely N-dealkylation sites (tertiary alicyclic amines) is 1. The van der Waals surface area contributed by atoms with Gasteiger partial charge in [0.15, 0.2) is 11.6 Å². The molecule has 3 aliphatic rings. The topological polar surface area (TPSA) is 55.8 Å². The fourth-order valence-corrected chi connectivity index (χ4v) is 4.61. The Kier molecular flexibility index (Phi) is 3.91. The van der Waals surface area contributed by atoms with Gasteiger partial charge >= 0.3 is 0 Å². The number of hydrogen-bond donors (Lipinski definition) is 0. The fourth-order valence-electron chi connectivity index (χ4n) is 3.47. The number of thioether (sulfide) groups is 1. The molecule has 0 bridgehead atoms. The summed E-state index contributed by atoms with van der Waals surface area (Å²) in [5.41, 5.74) is 1.35. The predicted octanol–water partition coefficient (Wildman–Crippen LogP) is 2.34. The van der Waals surface area contributed by atoms with E-state index in [4.69, 9.17) is 9.47 Å². The zero-order valence-corrected chi connectivity index (χ0v) is 13.7. The number of rotatable bonds is 1. The van der Waals surface area contributed by atoms with Gasteiger partial charge in [-0.15, -0.1) is 11.8 Å². The SMILES string of the molecule is O=C1CCSc2c1cccc2C(=O)N1CCC2(CC1)OCCO2. The first-order valence-corrected chi connectivity index (χ1v) is 9.03. The van der Waals surface area contributed by atoms with Crippen molar-refractivity contribution in [3.05, 3.63) is 29.3 Å². The zero-order valence-electron chi connectivity index (χ0n) is 12.9. The highest BCUT2D eigenvalue weighted by molar-refractivity contribution is 7.99. The second-order valence-electron chi connectivity index (χ2n) is 6.10. The van der Waals surface area contributed by atoms with Gasteiger partial charge in [-0.05, 0) is 6.07 Å². The van der Waals surface area contributed by atoms with Crippen LogP contribution in [0, 0.1) is 0 Å². The van der Waals surface area contributed by atoms with Crippen LogP contribution < -0.4 is 0 Å². The molecule has 0 aliphatic carbocycles. The molecule has 0 unspecified atom stereocenters. The number of Topliss-reactive ketones (excluding diaryl/α,β-unsaturated/α-hetero) is 1. The number of nitrogens with zero attached hydrogens (tertiary/aromatic N) is 1. The molecular weight excluding hydrogens is 314 g/mol. The van der Waals surface area contributed by atoms with Crippen LogP contribution in [0.15, 0.2) is 23.1 Å². The van der Waals surface area contributed by atoms with Crippen LogP contribution in [0.2, 0.25) is 0 Å². The molecule has 0 radical (unpaired) electrons. The Morgan fingerprint density at radius 2 is 1.91 bits per heavy atom. The van der Waals surface area contributed by atoms with Gasteiger partial charge < -0.3 is 14.4 Å². The molecule has 23 heavy (non-hydrogen) atoms. The third-order valence-corrected chi connectivity index (χ3v) is 5.88. The van der Waals surface area contributed by atoms with Gasteiger partial charge in [0.25, 0.3) is 5.91 Å². The van der Waals surface area contributed by atoms with Crippen molar-refractivity contribution in [2.75, 3.05) is 32.1 Å². The van der Waals surface area contributed by atoms with Crippen molar-refractivity contribution < 1.29 is 19.1 Å². The second kappa shape index (κ2) is 5.92. The fraction of sp³-hybridized carbons (Fsp3) is 0.529. The highest BCUT2D eigenvalue weighted by Gasteiger charge is 2.41. The molecule has 3 aliphatic heterocycles. The minimum Gasteiger partial charge on any atom is -0.347 e. The van der Waals surface area contributed by atoms with Crippen LogP contribution in [0.5, 0.6) is 0 Å². The van der Waals surface area contributed by atoms with Gasteiger partial charge in [-0.3, -0.25) is 9.59 Å². The van der Waals surface area contributed by atoms with E-state index in [-0.39, 0.29) is 11.7 Å². The van der Waals surface area contributed by atoms with Crippen LogP contribution >= 0.6 is 11.8 Å². The molecule has 3 heterocycles. The first-order valence-electron chi connectivity index (χ1n) is 8.05. The number of carbonyl (C=O) groups is 2. The summed E-state index contributed by atoms with van der Waals surface area (Å²) >= 11 is 1.61. The summed E-state index contributed by atoms with van der Waals surface area (Å²) in [6.45, 7) is 2.53. The Labute approximate surface area is 139 Å². The van der Waals surface area contributed by atoms with Crippen LogP contribution in [0.25, 0.3) is 0 Å². The molecule has 6 heteroatoms. The Bertz CT molecular complexity index is 644. The summed E-state index contributed by atoms with van der Waals surface area (Å²) in [5, 5.41) is 0. The lowest BCUT2D eigenvalue weighted by Gasteiger charge is -2.37. The Morgan fingerprint density at radius 3 is 2.65 bits per heavy atom. The standard InChI is InChI=1S/C17H19NO4S/c19-14-4-11-23-15-12(14)2-1-3-13(15)16(20)18-7-5-17(6-8-18)21-9-10-22-17/h1-3H,4-11H2. The molecule has 1 aromatic rings. The molecule has 0 aromatic heterocycles. The molecule has 2 saturated heterocycles. The molecular formula is C17H19NO4S. The van der Waals surface area contributed by atoms with E-state index in [1.807, 2.05) is 23.1 Å². The zero-order chi connectivity index (χ0) is 15.9. The van der Waals surface area contributed by atoms with Crippen molar-refractivity contribution >= 4 is 23.5 Å². The normalized spacial score (nSPS) is 23.1. The molecule has 122 valence electrons. The lowest BCUT2D eigenvalue weighted by molar-refractivity contribution is -0.181. The molecule has 4 rings (SSSR count). The van der Waals surface area contributed by atoms with Crippen molar-refractivity contribution in [2.45, 2.75) is 29.9 Å². The monoisotopic (exact) mass is 333 g/mol. The van der Waals surface area contributed by atoms with E-state index in [1.165, 1.54) is 0 Å². The first kappa shape index (κ1) is 15.2. The molecule has 2 fully saturated rings. The van der Waals surface area contributed by atoms with Crippen molar-refractivity contribution in [2.24, 2.45) is 0 Å². The summed E-state index contributed by atoms with van der Waals surface area (Å²) in [6.07, 6.45) is 1.97. The average molecular weight is 333 g/mol. The minimum absolute atomic E-state index is 0.0110. The van der Waals surface area contributed by atoms with Crippen molar-refractivity contribution in [3.8, 4) is 0 Å². The van der Waals surface area contributed by atoms with Crippen molar-refractivity contribution in [1.82, 2.24) is 4.90 Å². The maximum atomic E-state index is 12.9. The second-order valence-corrected chi connectivity index (χ2v) is 7.21. The molecule has 5 nitrogen and oxygen atoms in total. The highest BCUT2D eigenvalue weighted by Crippen LogP contribution is 2.35. The number of hydrogen-bond acceptors (Lipinski definition) is 5. The number of carbonyl (C=O) groups excluding carboxylic acids is 2. The van der Waals surface area contributed by atoms with E-state index in [0.717, 1.165) is 10.6 Å². The summed E-state index contributed by atoms with van der Waals surface area (Å²) < 4.78 is 11.4. The van der Waals surface area contributed by atoms with E-state index < -0.39 is 5.79 Å². The Hall–Kier alpha value is -1.37. The van der Waals surface area contributed by atoms with Gasteiger partial charge in [-0.25, -0.2) is 0 Å². The molecule has 0 N–H and O–H groups in total. The van der Waals surface area contributed by atoms with Gasteiger partial charge in [-0.1, -0.05) is 12.1 Å². The van der Waals surface area contributed by atoms with Crippen LogP contribution in [0.1, 0.15) is 40.0 Å². The van der Waals surface area contributed by atoms with E-state index in [2.05, 4.69) is 0 Å². The van der Waals surface area contributed by atoms with E-state index in [0.29, 0.717) is 56.7 Å². The average Bonchev–Trinajstić information content (AvgIpc) is 3.03. The molecule has 1 amide bonds. The maximum absolute atomic E-state index is 12.9. The maximum Gasteiger partial charge on any atom is 0.255 e. The van der Waals surface area contributed by atoms with Crippen molar-refractivity contribution in [3.63, 3.8) is 0 Å². The van der Waals surface area contributed by atoms with Crippen LogP contribution in [0.3, 0.4) is 0 Å². The number of ketones is 1. The third kappa shape index (κ3) is 2.69. The predicted molar refractivity (Wildman–Crippen MR) is 85.9 cm³/mol. The summed E-state index contributed by atoms with van der Waals surface area (Å²) in [4.78, 5) is 27.6. The summed E-state index contributed by atoms with van der Waals surface area (Å²) in [6, 6.07) is 5.47. The van der Waals surface area contributed by atoms with Gasteiger partial charge in [-0.2, -0.15) is 0 Å². The quantitative estimate of drug-likeness (QED) is 0.789. The van der Waals surface area contributed by atoms with Crippen LogP contribution in [-0.4, -0.2) is 54.4 Å². The lowest BCUT2D eigenvalue weighted by atomic mass is 10.0. The van der Waals surface area contributed by atoms with Gasteiger partial charge in [0.1, 0.15) is 0 Å². The highest BCUT2D eigenvalue weighted by atomic mass is 32.2. The van der Waals surface area contributed by atoms with Crippen LogP contribution in [0.4, 0.5) is 0 Å². The lowest BCUT2D eigenvalue weighted by Crippen LogP contribution is -2.47. The molecule has 0 atom stereocenters. The van der Waals surface area contributed by atoms with E-state index >= 15 is 0 Å². The first-order chi connectivity index (χ1) is 11.2. The summed E-state index contributed by atoms with van der Waals surface area (Å²) in [7, 11) is 0. The number of ether oxygens (including phenoxy) is 2. The summed E-state index contributed by atoms with van der Waals surface area (Å²) in [5.74, 6) is 0.425. The number of amides is 1. The van der Waals surface area contributed by atoms with E-state index in [1.54, 1.807) is 11.8 Å². The smallest absolute Gasteiger partial charge is 0.255 e. The Morgan fingerprint density at radius 1 is 1.17 bits per heavy atom. The molecule has 1 aromatic carbocycles. The molecule has 0 saturated carbocycles. The van der Waals surface area contributed by atoms with Crippen LogP contribution in [-0.2, 0) is 9.47 Å². The number of benzene rings is 1. The number of fused-ring (bicyclic) bond motifs is 1.